The molecule has 4 heterocycles. The molecule has 0 aliphatic carbocycles. The summed E-state index contributed by atoms with van der Waals surface area (Å²) in [6, 6.07) is 58.9. The van der Waals surface area contributed by atoms with Crippen LogP contribution >= 0.6 is 0 Å². The molecule has 11 rings (SSSR count). The molecule has 3 aromatic heterocycles. The Morgan fingerprint density at radius 3 is 1.75 bits per heavy atom. The molecule has 0 bridgehead atoms. The van der Waals surface area contributed by atoms with E-state index in [9.17, 15) is 0 Å². The number of hydrogen-bond acceptors (Lipinski definition) is 3. The van der Waals surface area contributed by atoms with Gasteiger partial charge in [-0.25, -0.2) is 15.0 Å². The highest BCUT2D eigenvalue weighted by Crippen LogP contribution is 2.43. The maximum atomic E-state index is 5.52. The number of rotatable bonds is 3. The van der Waals surface area contributed by atoms with Gasteiger partial charge in [0.15, 0.2) is 0 Å². The second kappa shape index (κ2) is 11.3. The first-order chi connectivity index (χ1) is 26.0. The number of pyridine rings is 3. The summed E-state index contributed by atoms with van der Waals surface area (Å²) < 4.78 is 0. The van der Waals surface area contributed by atoms with Crippen molar-refractivity contribution in [1.82, 2.24) is 15.0 Å². The molecular formula is C49H33N3Si. The van der Waals surface area contributed by atoms with Gasteiger partial charge in [0.05, 0.1) is 33.6 Å². The van der Waals surface area contributed by atoms with E-state index in [4.69, 9.17) is 15.0 Å². The second-order valence-electron chi connectivity index (χ2n) is 14.7. The van der Waals surface area contributed by atoms with Crippen molar-refractivity contribution < 1.29 is 0 Å². The SMILES string of the molecule is C[Si]1(C)c2ccccc2-c2c1ccc1nc(-c3ccc(-c4ccc5ccc6ccc(-c7ccccc7)nc6c5n4)c4ccccc34)c3ccccc3c21. The van der Waals surface area contributed by atoms with Crippen molar-refractivity contribution in [3.8, 4) is 44.9 Å². The average Bonchev–Trinajstić information content (AvgIpc) is 3.45. The lowest BCUT2D eigenvalue weighted by atomic mass is 9.91. The molecule has 0 radical (unpaired) electrons. The number of benzene rings is 7. The lowest BCUT2D eigenvalue weighted by molar-refractivity contribution is 1.37. The molecule has 0 unspecified atom stereocenters. The first kappa shape index (κ1) is 30.2. The molecule has 7 aromatic carbocycles. The van der Waals surface area contributed by atoms with Gasteiger partial charge < -0.3 is 0 Å². The van der Waals surface area contributed by atoms with Gasteiger partial charge in [-0.1, -0.05) is 159 Å². The highest BCUT2D eigenvalue weighted by molar-refractivity contribution is 7.04. The molecule has 0 atom stereocenters. The van der Waals surface area contributed by atoms with Crippen LogP contribution in [0, 0.1) is 0 Å². The number of hydrogen-bond donors (Lipinski definition) is 0. The highest BCUT2D eigenvalue weighted by atomic mass is 28.3. The average molecular weight is 692 g/mol. The fraction of sp³-hybridized carbons (Fsp3) is 0.0408. The first-order valence-corrected chi connectivity index (χ1v) is 21.3. The largest absolute Gasteiger partial charge is 0.247 e. The van der Waals surface area contributed by atoms with Crippen molar-refractivity contribution >= 4 is 72.7 Å². The Hall–Kier alpha value is -6.49. The molecule has 1 aliphatic rings. The van der Waals surface area contributed by atoms with Crippen LogP contribution in [0.25, 0.3) is 99.2 Å². The highest BCUT2D eigenvalue weighted by Gasteiger charge is 2.38. The van der Waals surface area contributed by atoms with Gasteiger partial charge in [0.2, 0.25) is 0 Å². The minimum atomic E-state index is -1.83. The lowest BCUT2D eigenvalue weighted by Gasteiger charge is -2.19. The minimum Gasteiger partial charge on any atom is -0.247 e. The fourth-order valence-electron chi connectivity index (χ4n) is 8.86. The molecule has 10 aromatic rings. The van der Waals surface area contributed by atoms with Gasteiger partial charge in [-0.15, -0.1) is 0 Å². The van der Waals surface area contributed by atoms with Crippen molar-refractivity contribution in [2.45, 2.75) is 13.1 Å². The summed E-state index contributed by atoms with van der Waals surface area (Å²) in [7, 11) is -1.83. The zero-order valence-electron chi connectivity index (χ0n) is 29.4. The van der Waals surface area contributed by atoms with Crippen LogP contribution in [-0.4, -0.2) is 23.0 Å². The summed E-state index contributed by atoms with van der Waals surface area (Å²) in [4.78, 5) is 16.0. The van der Waals surface area contributed by atoms with Crippen LogP contribution < -0.4 is 10.4 Å². The Bertz CT molecular complexity index is 3150. The maximum absolute atomic E-state index is 5.52. The molecule has 0 fully saturated rings. The molecule has 53 heavy (non-hydrogen) atoms. The van der Waals surface area contributed by atoms with Crippen LogP contribution in [0.15, 0.2) is 164 Å². The van der Waals surface area contributed by atoms with Crippen molar-refractivity contribution in [3.05, 3.63) is 164 Å². The number of nitrogens with zero attached hydrogens (tertiary/aromatic N) is 3. The van der Waals surface area contributed by atoms with Gasteiger partial charge >= 0.3 is 0 Å². The summed E-state index contributed by atoms with van der Waals surface area (Å²) in [5.74, 6) is 0. The monoisotopic (exact) mass is 691 g/mol. The maximum Gasteiger partial charge on any atom is 0.113 e. The Morgan fingerprint density at radius 1 is 0.396 bits per heavy atom. The lowest BCUT2D eigenvalue weighted by Crippen LogP contribution is -2.49. The van der Waals surface area contributed by atoms with Crippen molar-refractivity contribution in [3.63, 3.8) is 0 Å². The Balaban J connectivity index is 1.12. The Kier molecular flexibility index (Phi) is 6.40. The van der Waals surface area contributed by atoms with E-state index in [1.54, 1.807) is 0 Å². The number of fused-ring (bicyclic) bond motifs is 11. The van der Waals surface area contributed by atoms with Gasteiger partial charge in [0.25, 0.3) is 0 Å². The van der Waals surface area contributed by atoms with Gasteiger partial charge in [-0.05, 0) is 55.9 Å². The van der Waals surface area contributed by atoms with Gasteiger partial charge in [-0.3, -0.25) is 0 Å². The predicted molar refractivity (Wildman–Crippen MR) is 226 cm³/mol. The van der Waals surface area contributed by atoms with Crippen LogP contribution in [0.1, 0.15) is 0 Å². The van der Waals surface area contributed by atoms with E-state index in [0.717, 1.165) is 71.9 Å². The molecule has 0 spiro atoms. The summed E-state index contributed by atoms with van der Waals surface area (Å²) in [5.41, 5.74) is 11.8. The summed E-state index contributed by atoms with van der Waals surface area (Å²) in [6.07, 6.45) is 0. The van der Waals surface area contributed by atoms with E-state index >= 15 is 0 Å². The van der Waals surface area contributed by atoms with Gasteiger partial charge in [0, 0.05) is 38.2 Å². The molecule has 1 aliphatic heterocycles. The predicted octanol–water partition coefficient (Wildman–Crippen LogP) is 11.4. The molecule has 3 nitrogen and oxygen atoms in total. The van der Waals surface area contributed by atoms with Crippen molar-refractivity contribution in [1.29, 1.82) is 0 Å². The van der Waals surface area contributed by atoms with Gasteiger partial charge in [0.1, 0.15) is 8.07 Å². The summed E-state index contributed by atoms with van der Waals surface area (Å²) >= 11 is 0. The third-order valence-corrected chi connectivity index (χ3v) is 15.0. The standard InChI is InChI=1S/C49H33N3Si/c1-53(2)43-19-11-10-18-39(43)46-44(53)29-28-42-45(46)36-16-8-9-17-37(36)49(52-42)38-25-24-35(33-14-6-7-15-34(33)38)41-27-23-32-21-20-31-22-26-40(30-12-4-3-5-13-30)50-47(31)48(32)51-41/h3-29H,1-2H3. The molecular weight excluding hydrogens is 659 g/mol. The zero-order chi connectivity index (χ0) is 35.3. The molecule has 0 amide bonds. The van der Waals surface area contributed by atoms with Crippen LogP contribution in [-0.2, 0) is 0 Å². The molecule has 248 valence electrons. The molecule has 0 saturated carbocycles. The third-order valence-electron chi connectivity index (χ3n) is 11.5. The first-order valence-electron chi connectivity index (χ1n) is 18.3. The number of aromatic nitrogens is 3. The third kappa shape index (κ3) is 4.43. The van der Waals surface area contributed by atoms with Crippen molar-refractivity contribution in [2.75, 3.05) is 0 Å². The van der Waals surface area contributed by atoms with Crippen LogP contribution in [0.4, 0.5) is 0 Å². The second-order valence-corrected chi connectivity index (χ2v) is 19.1. The van der Waals surface area contributed by atoms with E-state index < -0.39 is 8.07 Å². The van der Waals surface area contributed by atoms with Crippen LogP contribution in [0.2, 0.25) is 13.1 Å². The van der Waals surface area contributed by atoms with Crippen LogP contribution in [0.3, 0.4) is 0 Å². The molecule has 0 saturated heterocycles. The van der Waals surface area contributed by atoms with E-state index in [1.807, 2.05) is 6.07 Å². The van der Waals surface area contributed by atoms with E-state index in [1.165, 1.54) is 37.7 Å². The minimum absolute atomic E-state index is 0.911. The zero-order valence-corrected chi connectivity index (χ0v) is 30.4. The van der Waals surface area contributed by atoms with Gasteiger partial charge in [-0.2, -0.15) is 0 Å². The topological polar surface area (TPSA) is 38.7 Å². The summed E-state index contributed by atoms with van der Waals surface area (Å²) in [5, 5.41) is 11.2. The van der Waals surface area contributed by atoms with E-state index in [0.29, 0.717) is 0 Å². The quantitative estimate of drug-likeness (QED) is 0.137. The normalized spacial score (nSPS) is 13.2. The van der Waals surface area contributed by atoms with Crippen LogP contribution in [0.5, 0.6) is 0 Å². The molecule has 4 heteroatoms. The Labute approximate surface area is 308 Å². The smallest absolute Gasteiger partial charge is 0.113 e. The fourth-order valence-corrected chi connectivity index (χ4v) is 11.9. The Morgan fingerprint density at radius 2 is 0.981 bits per heavy atom. The molecule has 0 N–H and O–H groups in total. The van der Waals surface area contributed by atoms with Crippen molar-refractivity contribution in [2.24, 2.45) is 0 Å². The van der Waals surface area contributed by atoms with E-state index in [-0.39, 0.29) is 0 Å². The summed E-state index contributed by atoms with van der Waals surface area (Å²) in [6.45, 7) is 4.96. The van der Waals surface area contributed by atoms with E-state index in [2.05, 4.69) is 171 Å².